The molecule has 0 atom stereocenters. The molecule has 0 saturated carbocycles. The van der Waals surface area contributed by atoms with E-state index in [2.05, 4.69) is 4.98 Å². The van der Waals surface area contributed by atoms with Gasteiger partial charge in [-0.2, -0.15) is 13.2 Å². The van der Waals surface area contributed by atoms with Crippen LogP contribution < -0.4 is 11.3 Å². The molecule has 0 aliphatic rings. The maximum absolute atomic E-state index is 12.6. The maximum Gasteiger partial charge on any atom is 0.431 e. The molecule has 2 rings (SSSR count). The molecule has 0 unspecified atom stereocenters. The summed E-state index contributed by atoms with van der Waals surface area (Å²) in [6, 6.07) is 3.28. The lowest BCUT2D eigenvalue weighted by Crippen LogP contribution is -2.25. The van der Waals surface area contributed by atoms with Gasteiger partial charge in [-0.15, -0.1) is 0 Å². The van der Waals surface area contributed by atoms with Gasteiger partial charge in [-0.1, -0.05) is 6.07 Å². The molecule has 0 saturated heterocycles. The lowest BCUT2D eigenvalue weighted by atomic mass is 10.3. The molecule has 0 aliphatic carbocycles. The first-order valence-electron chi connectivity index (χ1n) is 4.25. The highest BCUT2D eigenvalue weighted by atomic mass is 19.4. The number of alkyl halides is 3. The Hall–Kier alpha value is -2.05. The first kappa shape index (κ1) is 10.5. The van der Waals surface area contributed by atoms with E-state index in [9.17, 15) is 18.0 Å². The van der Waals surface area contributed by atoms with Gasteiger partial charge in [0.15, 0.2) is 0 Å². The number of nitrogen functional groups attached to an aromatic ring is 1. The SMILES string of the molecule is Nc1cnc2cccc(C(F)(F)F)n2c1=O. The van der Waals surface area contributed by atoms with Gasteiger partial charge in [0.1, 0.15) is 17.0 Å². The fourth-order valence-corrected chi connectivity index (χ4v) is 1.35. The summed E-state index contributed by atoms with van der Waals surface area (Å²) >= 11 is 0. The Balaban J connectivity index is 2.97. The molecule has 4 nitrogen and oxygen atoms in total. The van der Waals surface area contributed by atoms with Crippen LogP contribution in [0.2, 0.25) is 0 Å². The van der Waals surface area contributed by atoms with Crippen molar-refractivity contribution in [2.24, 2.45) is 0 Å². The lowest BCUT2D eigenvalue weighted by Gasteiger charge is -2.10. The van der Waals surface area contributed by atoms with Crippen molar-refractivity contribution in [1.29, 1.82) is 0 Å². The molecule has 2 N–H and O–H groups in total. The Kier molecular flexibility index (Phi) is 2.11. The van der Waals surface area contributed by atoms with Crippen molar-refractivity contribution in [1.82, 2.24) is 9.38 Å². The third-order valence-corrected chi connectivity index (χ3v) is 2.05. The molecule has 2 aromatic heterocycles. The van der Waals surface area contributed by atoms with Gasteiger partial charge in [0.2, 0.25) is 0 Å². The summed E-state index contributed by atoms with van der Waals surface area (Å²) in [6.45, 7) is 0. The number of fused-ring (bicyclic) bond motifs is 1. The van der Waals surface area contributed by atoms with Crippen molar-refractivity contribution < 1.29 is 13.2 Å². The highest BCUT2D eigenvalue weighted by molar-refractivity contribution is 5.45. The quantitative estimate of drug-likeness (QED) is 0.740. The third kappa shape index (κ3) is 1.50. The van der Waals surface area contributed by atoms with E-state index in [1.165, 1.54) is 12.1 Å². The number of anilines is 1. The van der Waals surface area contributed by atoms with Crippen molar-refractivity contribution >= 4 is 11.3 Å². The summed E-state index contributed by atoms with van der Waals surface area (Å²) in [5.74, 6) is 0. The zero-order valence-electron chi connectivity index (χ0n) is 7.82. The van der Waals surface area contributed by atoms with Crippen LogP contribution >= 0.6 is 0 Å². The maximum atomic E-state index is 12.6. The van der Waals surface area contributed by atoms with Crippen LogP contribution in [0.25, 0.3) is 5.65 Å². The van der Waals surface area contributed by atoms with Crippen LogP contribution in [0.3, 0.4) is 0 Å². The van der Waals surface area contributed by atoms with Crippen molar-refractivity contribution in [3.63, 3.8) is 0 Å². The summed E-state index contributed by atoms with van der Waals surface area (Å²) in [5, 5.41) is 0. The molecular formula is C9H6F3N3O. The summed E-state index contributed by atoms with van der Waals surface area (Å²) in [4.78, 5) is 15.1. The Labute approximate surface area is 87.1 Å². The number of pyridine rings is 1. The van der Waals surface area contributed by atoms with E-state index in [-0.39, 0.29) is 11.3 Å². The standard InChI is InChI=1S/C9H6F3N3O/c10-9(11,12)6-2-1-3-7-14-4-5(13)8(16)15(6)7/h1-4H,13H2. The molecule has 0 amide bonds. The van der Waals surface area contributed by atoms with Crippen molar-refractivity contribution in [3.05, 3.63) is 40.4 Å². The average Bonchev–Trinajstić information content (AvgIpc) is 2.21. The van der Waals surface area contributed by atoms with Gasteiger partial charge in [0.05, 0.1) is 6.20 Å². The summed E-state index contributed by atoms with van der Waals surface area (Å²) < 4.78 is 38.3. The largest absolute Gasteiger partial charge is 0.431 e. The van der Waals surface area contributed by atoms with Crippen LogP contribution in [0.15, 0.2) is 29.2 Å². The molecule has 0 bridgehead atoms. The molecule has 0 fully saturated rings. The van der Waals surface area contributed by atoms with Crippen molar-refractivity contribution in [3.8, 4) is 0 Å². The first-order valence-corrected chi connectivity index (χ1v) is 4.25. The summed E-state index contributed by atoms with van der Waals surface area (Å²) in [7, 11) is 0. The van der Waals surface area contributed by atoms with E-state index < -0.39 is 17.4 Å². The summed E-state index contributed by atoms with van der Waals surface area (Å²) in [6.07, 6.45) is -3.59. The van der Waals surface area contributed by atoms with Gasteiger partial charge < -0.3 is 5.73 Å². The number of hydrogen-bond donors (Lipinski definition) is 1. The smallest absolute Gasteiger partial charge is 0.393 e. The van der Waals surface area contributed by atoms with Crippen LogP contribution in [-0.4, -0.2) is 9.38 Å². The number of nitrogens with two attached hydrogens (primary N) is 1. The molecule has 16 heavy (non-hydrogen) atoms. The molecule has 0 aromatic carbocycles. The van der Waals surface area contributed by atoms with E-state index in [1.54, 1.807) is 0 Å². The molecule has 0 spiro atoms. The fourth-order valence-electron chi connectivity index (χ4n) is 1.35. The summed E-state index contributed by atoms with van der Waals surface area (Å²) in [5.41, 5.74) is 2.81. The van der Waals surface area contributed by atoms with E-state index in [0.717, 1.165) is 12.3 Å². The predicted octanol–water partition coefficient (Wildman–Crippen LogP) is 1.30. The predicted molar refractivity (Wildman–Crippen MR) is 50.9 cm³/mol. The van der Waals surface area contributed by atoms with Crippen LogP contribution in [-0.2, 0) is 6.18 Å². The highest BCUT2D eigenvalue weighted by Gasteiger charge is 2.33. The van der Waals surface area contributed by atoms with Gasteiger partial charge in [-0.3, -0.25) is 9.20 Å². The Bertz CT molecular complexity index is 603. The molecule has 0 radical (unpaired) electrons. The van der Waals surface area contributed by atoms with Gasteiger partial charge in [0, 0.05) is 0 Å². The molecular weight excluding hydrogens is 223 g/mol. The van der Waals surface area contributed by atoms with Gasteiger partial charge in [-0.25, -0.2) is 4.98 Å². The fraction of sp³-hybridized carbons (Fsp3) is 0.111. The van der Waals surface area contributed by atoms with E-state index in [1.807, 2.05) is 0 Å². The minimum atomic E-state index is -4.63. The number of rotatable bonds is 0. The topological polar surface area (TPSA) is 60.4 Å². The zero-order chi connectivity index (χ0) is 11.9. The average molecular weight is 229 g/mol. The van der Waals surface area contributed by atoms with Crippen LogP contribution in [0, 0.1) is 0 Å². The highest BCUT2D eigenvalue weighted by Crippen LogP contribution is 2.28. The lowest BCUT2D eigenvalue weighted by molar-refractivity contribution is -0.142. The minimum absolute atomic E-state index is 0.0889. The molecule has 2 aromatic rings. The molecule has 84 valence electrons. The number of hydrogen-bond acceptors (Lipinski definition) is 3. The Morgan fingerprint density at radius 2 is 2.00 bits per heavy atom. The Morgan fingerprint density at radius 3 is 2.62 bits per heavy atom. The van der Waals surface area contributed by atoms with Gasteiger partial charge in [-0.05, 0) is 12.1 Å². The van der Waals surface area contributed by atoms with Crippen LogP contribution in [0.5, 0.6) is 0 Å². The van der Waals surface area contributed by atoms with Crippen LogP contribution in [0.1, 0.15) is 5.69 Å². The molecule has 7 heteroatoms. The van der Waals surface area contributed by atoms with Crippen molar-refractivity contribution in [2.45, 2.75) is 6.18 Å². The van der Waals surface area contributed by atoms with Gasteiger partial charge >= 0.3 is 6.18 Å². The second-order valence-corrected chi connectivity index (χ2v) is 3.12. The zero-order valence-corrected chi connectivity index (χ0v) is 7.82. The number of halogens is 3. The minimum Gasteiger partial charge on any atom is -0.393 e. The second-order valence-electron chi connectivity index (χ2n) is 3.12. The number of aromatic nitrogens is 2. The third-order valence-electron chi connectivity index (χ3n) is 2.05. The van der Waals surface area contributed by atoms with E-state index in [4.69, 9.17) is 5.73 Å². The van der Waals surface area contributed by atoms with Crippen LogP contribution in [0.4, 0.5) is 18.9 Å². The second kappa shape index (κ2) is 3.22. The number of nitrogens with zero attached hydrogens (tertiary/aromatic N) is 2. The molecule has 2 heterocycles. The Morgan fingerprint density at radius 1 is 1.31 bits per heavy atom. The first-order chi connectivity index (χ1) is 7.41. The monoisotopic (exact) mass is 229 g/mol. The normalized spacial score (nSPS) is 11.9. The van der Waals surface area contributed by atoms with E-state index in [0.29, 0.717) is 4.40 Å². The van der Waals surface area contributed by atoms with Gasteiger partial charge in [0.25, 0.3) is 5.56 Å². The van der Waals surface area contributed by atoms with E-state index >= 15 is 0 Å². The van der Waals surface area contributed by atoms with Crippen molar-refractivity contribution in [2.75, 3.05) is 5.73 Å². The molecule has 0 aliphatic heterocycles.